The predicted octanol–water partition coefficient (Wildman–Crippen LogP) is 2.12. The van der Waals surface area contributed by atoms with Crippen LogP contribution in [0.15, 0.2) is 23.1 Å². The van der Waals surface area contributed by atoms with Crippen molar-refractivity contribution >= 4 is 27.3 Å². The smallest absolute Gasteiger partial charge is 0.262 e. The number of benzene rings is 1. The number of carbonyl (C=O) groups is 1. The number of nitrogens with zero attached hydrogens (tertiary/aromatic N) is 2. The fraction of sp³-hybridized carbons (Fsp3) is 0.375. The number of H-pyrrole nitrogens is 1. The lowest BCUT2D eigenvalue weighted by Crippen LogP contribution is -2.33. The van der Waals surface area contributed by atoms with Crippen molar-refractivity contribution < 1.29 is 13.2 Å². The molecule has 1 aromatic carbocycles. The Morgan fingerprint density at radius 1 is 1.38 bits per heavy atom. The molecule has 0 bridgehead atoms. The molecule has 1 aromatic heterocycles. The molecule has 1 atom stereocenters. The molecule has 0 unspecified atom stereocenters. The minimum absolute atomic E-state index is 0.0294. The number of aromatic amines is 1. The van der Waals surface area contributed by atoms with E-state index in [9.17, 15) is 13.2 Å². The van der Waals surface area contributed by atoms with Crippen molar-refractivity contribution in [1.82, 2.24) is 10.2 Å². The molecule has 24 heavy (non-hydrogen) atoms. The number of amides is 1. The van der Waals surface area contributed by atoms with Crippen LogP contribution in [-0.4, -0.2) is 30.6 Å². The second-order valence-electron chi connectivity index (χ2n) is 6.15. The fourth-order valence-corrected chi connectivity index (χ4v) is 4.38. The number of hydrogen-bond acceptors (Lipinski definition) is 4. The first-order valence-corrected chi connectivity index (χ1v) is 9.16. The summed E-state index contributed by atoms with van der Waals surface area (Å²) in [5.74, 6) is -0.0420. The molecule has 7 nitrogen and oxygen atoms in total. The van der Waals surface area contributed by atoms with Crippen LogP contribution in [-0.2, 0) is 21.2 Å². The average molecular weight is 348 g/mol. The van der Waals surface area contributed by atoms with Crippen molar-refractivity contribution in [3.63, 3.8) is 0 Å². The number of hydrogen-bond donors (Lipinski definition) is 2. The first kappa shape index (κ1) is 16.5. The number of aryl methyl sites for hydroxylation is 2. The molecule has 0 spiro atoms. The van der Waals surface area contributed by atoms with Crippen molar-refractivity contribution in [1.29, 1.82) is 0 Å². The van der Waals surface area contributed by atoms with Gasteiger partial charge in [-0.1, -0.05) is 0 Å². The quantitative estimate of drug-likeness (QED) is 0.888. The molecular weight excluding hydrogens is 328 g/mol. The molecule has 8 heteroatoms. The Balaban J connectivity index is 1.97. The number of aromatic nitrogens is 2. The van der Waals surface area contributed by atoms with Crippen LogP contribution in [0.4, 0.5) is 11.4 Å². The SMILES string of the molecule is CC(=O)N1c2ccc(S(=O)(=O)Nc3c(C)n[nH]c3C)cc2C[C@@H]1C. The molecule has 0 fully saturated rings. The van der Waals surface area contributed by atoms with Gasteiger partial charge in [-0.25, -0.2) is 8.42 Å². The molecular formula is C16H20N4O3S. The van der Waals surface area contributed by atoms with Crippen molar-refractivity contribution in [2.75, 3.05) is 9.62 Å². The maximum Gasteiger partial charge on any atom is 0.262 e. The van der Waals surface area contributed by atoms with Crippen LogP contribution in [0.3, 0.4) is 0 Å². The van der Waals surface area contributed by atoms with Crippen LogP contribution in [0, 0.1) is 13.8 Å². The summed E-state index contributed by atoms with van der Waals surface area (Å²) in [5.41, 5.74) is 3.36. The molecule has 0 aliphatic carbocycles. The Morgan fingerprint density at radius 3 is 2.67 bits per heavy atom. The second-order valence-corrected chi connectivity index (χ2v) is 7.83. The van der Waals surface area contributed by atoms with Crippen molar-refractivity contribution in [2.45, 2.75) is 45.1 Å². The van der Waals surface area contributed by atoms with Gasteiger partial charge in [0.15, 0.2) is 0 Å². The Kier molecular flexibility index (Phi) is 3.87. The predicted molar refractivity (Wildman–Crippen MR) is 91.6 cm³/mol. The minimum atomic E-state index is -3.72. The maximum absolute atomic E-state index is 12.7. The third-order valence-electron chi connectivity index (χ3n) is 4.28. The largest absolute Gasteiger partial charge is 0.309 e. The summed E-state index contributed by atoms with van der Waals surface area (Å²) in [5, 5.41) is 6.75. The molecule has 0 saturated heterocycles. The van der Waals surface area contributed by atoms with E-state index >= 15 is 0 Å². The lowest BCUT2D eigenvalue weighted by Gasteiger charge is -2.20. The zero-order valence-corrected chi connectivity index (χ0v) is 14.9. The topological polar surface area (TPSA) is 95.2 Å². The van der Waals surface area contributed by atoms with Gasteiger partial charge in [-0.3, -0.25) is 14.6 Å². The maximum atomic E-state index is 12.7. The van der Waals surface area contributed by atoms with Gasteiger partial charge in [-0.2, -0.15) is 5.10 Å². The number of fused-ring (bicyclic) bond motifs is 1. The van der Waals surface area contributed by atoms with E-state index in [0.717, 1.165) is 11.3 Å². The van der Waals surface area contributed by atoms with Crippen LogP contribution >= 0.6 is 0 Å². The molecule has 0 saturated carbocycles. The molecule has 2 N–H and O–H groups in total. The molecule has 2 heterocycles. The second kappa shape index (κ2) is 5.62. The van der Waals surface area contributed by atoms with Crippen LogP contribution in [0.5, 0.6) is 0 Å². The highest BCUT2D eigenvalue weighted by Crippen LogP contribution is 2.34. The number of rotatable bonds is 3. The zero-order chi connectivity index (χ0) is 17.6. The van der Waals surface area contributed by atoms with Crippen LogP contribution in [0.25, 0.3) is 0 Å². The summed E-state index contributed by atoms with van der Waals surface area (Å²) in [7, 11) is -3.72. The van der Waals surface area contributed by atoms with Crippen molar-refractivity contribution in [3.05, 3.63) is 35.2 Å². The highest BCUT2D eigenvalue weighted by molar-refractivity contribution is 7.92. The molecule has 1 amide bonds. The number of carbonyl (C=O) groups excluding carboxylic acids is 1. The molecule has 3 rings (SSSR count). The summed E-state index contributed by atoms with van der Waals surface area (Å²) in [4.78, 5) is 13.6. The van der Waals surface area contributed by atoms with E-state index in [4.69, 9.17) is 0 Å². The van der Waals surface area contributed by atoms with Crippen LogP contribution in [0.2, 0.25) is 0 Å². The van der Waals surface area contributed by atoms with Gasteiger partial charge in [0.1, 0.15) is 0 Å². The van der Waals surface area contributed by atoms with Gasteiger partial charge in [0.2, 0.25) is 5.91 Å². The van der Waals surface area contributed by atoms with E-state index in [-0.39, 0.29) is 16.8 Å². The number of nitrogens with one attached hydrogen (secondary N) is 2. The number of anilines is 2. The Labute approximate surface area is 141 Å². The molecule has 2 aromatic rings. The van der Waals surface area contributed by atoms with Gasteiger partial charge in [0.05, 0.1) is 22.0 Å². The average Bonchev–Trinajstić information content (AvgIpc) is 2.99. The van der Waals surface area contributed by atoms with Crippen molar-refractivity contribution in [3.8, 4) is 0 Å². The van der Waals surface area contributed by atoms with Gasteiger partial charge in [0, 0.05) is 18.7 Å². The third kappa shape index (κ3) is 2.66. The minimum Gasteiger partial charge on any atom is -0.309 e. The molecule has 1 aliphatic rings. The monoisotopic (exact) mass is 348 g/mol. The fourth-order valence-electron chi connectivity index (χ4n) is 3.15. The summed E-state index contributed by atoms with van der Waals surface area (Å²) in [6, 6.07) is 4.90. The van der Waals surface area contributed by atoms with E-state index in [2.05, 4.69) is 14.9 Å². The van der Waals surface area contributed by atoms with E-state index in [0.29, 0.717) is 23.5 Å². The molecule has 0 radical (unpaired) electrons. The standard InChI is InChI=1S/C16H20N4O3S/c1-9-7-13-8-14(5-6-15(13)20(9)12(4)21)24(22,23)19-16-10(2)17-18-11(16)3/h5-6,8-9,19H,7H2,1-4H3,(H,17,18)/t9-/m0/s1. The summed E-state index contributed by atoms with van der Waals surface area (Å²) in [6.07, 6.45) is 0.641. The Morgan fingerprint density at radius 2 is 2.08 bits per heavy atom. The van der Waals surface area contributed by atoms with Gasteiger partial charge < -0.3 is 4.90 Å². The highest BCUT2D eigenvalue weighted by Gasteiger charge is 2.30. The summed E-state index contributed by atoms with van der Waals surface area (Å²) in [6.45, 7) is 6.96. The van der Waals surface area contributed by atoms with Crippen LogP contribution in [0.1, 0.15) is 30.8 Å². The highest BCUT2D eigenvalue weighted by atomic mass is 32.2. The first-order chi connectivity index (χ1) is 11.2. The lowest BCUT2D eigenvalue weighted by atomic mass is 10.1. The zero-order valence-electron chi connectivity index (χ0n) is 14.0. The lowest BCUT2D eigenvalue weighted by molar-refractivity contribution is -0.116. The van der Waals surface area contributed by atoms with Gasteiger partial charge >= 0.3 is 0 Å². The van der Waals surface area contributed by atoms with Gasteiger partial charge in [-0.05, 0) is 51.0 Å². The first-order valence-electron chi connectivity index (χ1n) is 7.68. The third-order valence-corrected chi connectivity index (χ3v) is 5.63. The van der Waals surface area contributed by atoms with Gasteiger partial charge in [0.25, 0.3) is 10.0 Å². The summed E-state index contributed by atoms with van der Waals surface area (Å²) < 4.78 is 27.9. The van der Waals surface area contributed by atoms with E-state index in [1.165, 1.54) is 13.0 Å². The summed E-state index contributed by atoms with van der Waals surface area (Å²) >= 11 is 0. The van der Waals surface area contributed by atoms with Crippen molar-refractivity contribution in [2.24, 2.45) is 0 Å². The van der Waals surface area contributed by atoms with Gasteiger partial charge in [-0.15, -0.1) is 0 Å². The molecule has 1 aliphatic heterocycles. The Bertz CT molecular complexity index is 898. The Hall–Kier alpha value is -2.35. The number of sulfonamides is 1. The van der Waals surface area contributed by atoms with E-state index in [1.54, 1.807) is 30.9 Å². The van der Waals surface area contributed by atoms with Crippen LogP contribution < -0.4 is 9.62 Å². The van der Waals surface area contributed by atoms with E-state index in [1.807, 2.05) is 6.92 Å². The van der Waals surface area contributed by atoms with E-state index < -0.39 is 10.0 Å². The molecule has 128 valence electrons. The normalized spacial score (nSPS) is 17.0.